The molecular weight excluding hydrogens is 400 g/mol. The molecule has 0 bridgehead atoms. The van der Waals surface area contributed by atoms with Crippen molar-refractivity contribution in [1.29, 1.82) is 0 Å². The Hall–Kier alpha value is -3.49. The van der Waals surface area contributed by atoms with Crippen LogP contribution in [-0.4, -0.2) is 24.2 Å². The van der Waals surface area contributed by atoms with Crippen LogP contribution in [0.4, 0.5) is 0 Å². The summed E-state index contributed by atoms with van der Waals surface area (Å²) < 4.78 is 0. The summed E-state index contributed by atoms with van der Waals surface area (Å²) in [5.74, 6) is 0.263. The smallest absolute Gasteiger partial charge is 0.0604 e. The lowest BCUT2D eigenvalue weighted by atomic mass is 9.74. The number of aliphatic imine (C=N–C) groups is 1. The SMILES string of the molecule is CN1[C@@H](c2ccccc2)C[C@H](N=Cc2ccccc2)[C@H](c2ccccc2)[C@@H]1c1ccccc1. The zero-order valence-corrected chi connectivity index (χ0v) is 19.0. The summed E-state index contributed by atoms with van der Waals surface area (Å²) in [5, 5.41) is 0. The third-order valence-corrected chi connectivity index (χ3v) is 6.87. The summed E-state index contributed by atoms with van der Waals surface area (Å²) in [7, 11) is 2.28. The molecule has 0 amide bonds. The van der Waals surface area contributed by atoms with Gasteiger partial charge in [0.15, 0.2) is 0 Å². The van der Waals surface area contributed by atoms with E-state index in [4.69, 9.17) is 4.99 Å². The van der Waals surface area contributed by atoms with Gasteiger partial charge in [-0.3, -0.25) is 9.89 Å². The van der Waals surface area contributed by atoms with Crippen LogP contribution in [0.5, 0.6) is 0 Å². The molecule has 2 nitrogen and oxygen atoms in total. The number of benzene rings is 4. The average Bonchev–Trinajstić information content (AvgIpc) is 2.89. The summed E-state index contributed by atoms with van der Waals surface area (Å²) >= 11 is 0. The molecule has 4 aromatic carbocycles. The zero-order valence-electron chi connectivity index (χ0n) is 19.0. The van der Waals surface area contributed by atoms with Gasteiger partial charge >= 0.3 is 0 Å². The molecule has 0 unspecified atom stereocenters. The lowest BCUT2D eigenvalue weighted by molar-refractivity contribution is 0.0808. The van der Waals surface area contributed by atoms with Crippen LogP contribution in [0.15, 0.2) is 126 Å². The van der Waals surface area contributed by atoms with Crippen molar-refractivity contribution < 1.29 is 0 Å². The normalized spacial score (nSPS) is 23.5. The van der Waals surface area contributed by atoms with Crippen molar-refractivity contribution >= 4 is 6.21 Å². The molecule has 1 aliphatic heterocycles. The number of likely N-dealkylation sites (N-methyl/N-ethyl adjacent to an activating group) is 1. The van der Waals surface area contributed by atoms with E-state index in [2.05, 4.69) is 139 Å². The van der Waals surface area contributed by atoms with Gasteiger partial charge in [0.2, 0.25) is 0 Å². The Labute approximate surface area is 197 Å². The predicted octanol–water partition coefficient (Wildman–Crippen LogP) is 7.08. The fourth-order valence-electron chi connectivity index (χ4n) is 5.29. The van der Waals surface area contributed by atoms with E-state index < -0.39 is 0 Å². The molecule has 0 radical (unpaired) electrons. The van der Waals surface area contributed by atoms with Gasteiger partial charge in [-0.2, -0.15) is 0 Å². The van der Waals surface area contributed by atoms with Crippen molar-refractivity contribution in [2.75, 3.05) is 7.05 Å². The van der Waals surface area contributed by atoms with Gasteiger partial charge in [0.05, 0.1) is 6.04 Å². The molecule has 2 heteroatoms. The number of nitrogens with zero attached hydrogens (tertiary/aromatic N) is 2. The van der Waals surface area contributed by atoms with Crippen molar-refractivity contribution in [2.45, 2.75) is 30.5 Å². The van der Waals surface area contributed by atoms with Gasteiger partial charge in [-0.05, 0) is 35.7 Å². The first-order chi connectivity index (χ1) is 16.3. The van der Waals surface area contributed by atoms with Gasteiger partial charge in [0.1, 0.15) is 0 Å². The van der Waals surface area contributed by atoms with Crippen LogP contribution in [0, 0.1) is 0 Å². The second-order valence-corrected chi connectivity index (χ2v) is 8.88. The van der Waals surface area contributed by atoms with Crippen molar-refractivity contribution in [2.24, 2.45) is 4.99 Å². The largest absolute Gasteiger partial charge is 0.292 e. The van der Waals surface area contributed by atoms with E-state index in [9.17, 15) is 0 Å². The van der Waals surface area contributed by atoms with Crippen molar-refractivity contribution in [1.82, 2.24) is 4.90 Å². The molecule has 0 N–H and O–H groups in total. The van der Waals surface area contributed by atoms with Gasteiger partial charge in [0, 0.05) is 24.2 Å². The molecular formula is C31H30N2. The number of piperidine rings is 1. The highest BCUT2D eigenvalue weighted by Crippen LogP contribution is 2.49. The highest BCUT2D eigenvalue weighted by Gasteiger charge is 2.43. The Balaban J connectivity index is 1.62. The fraction of sp³-hybridized carbons (Fsp3) is 0.194. The third-order valence-electron chi connectivity index (χ3n) is 6.87. The van der Waals surface area contributed by atoms with Gasteiger partial charge in [-0.1, -0.05) is 121 Å². The molecule has 1 aliphatic rings. The first kappa shape index (κ1) is 21.4. The highest BCUT2D eigenvalue weighted by atomic mass is 15.2. The third kappa shape index (κ3) is 4.67. The summed E-state index contributed by atoms with van der Waals surface area (Å²) in [6, 6.07) is 43.9. The van der Waals surface area contributed by atoms with Crippen LogP contribution in [0.2, 0.25) is 0 Å². The molecule has 4 aromatic rings. The molecule has 1 saturated heterocycles. The summed E-state index contributed by atoms with van der Waals surface area (Å²) in [5.41, 5.74) is 5.19. The molecule has 1 heterocycles. The number of rotatable bonds is 5. The van der Waals surface area contributed by atoms with Crippen LogP contribution < -0.4 is 0 Å². The second kappa shape index (κ2) is 9.97. The first-order valence-corrected chi connectivity index (χ1v) is 11.8. The van der Waals surface area contributed by atoms with E-state index in [1.807, 2.05) is 0 Å². The van der Waals surface area contributed by atoms with Crippen LogP contribution in [0.1, 0.15) is 46.7 Å². The van der Waals surface area contributed by atoms with Gasteiger partial charge in [-0.15, -0.1) is 0 Å². The Morgan fingerprint density at radius 2 is 1.12 bits per heavy atom. The standard InChI is InChI=1S/C31H30N2/c1-33-29(25-16-8-3-9-17-25)22-28(32-23-24-14-6-2-7-15-24)30(26-18-10-4-11-19-26)31(33)27-20-12-5-13-21-27/h2-21,23,28-31H,22H2,1H3/t28-,29+,30-,31-/m0/s1. The van der Waals surface area contributed by atoms with Crippen LogP contribution >= 0.6 is 0 Å². The van der Waals surface area contributed by atoms with Gasteiger partial charge < -0.3 is 0 Å². The average molecular weight is 431 g/mol. The summed E-state index contributed by atoms with van der Waals surface area (Å²) in [6.07, 6.45) is 3.04. The van der Waals surface area contributed by atoms with Gasteiger partial charge in [0.25, 0.3) is 0 Å². The minimum Gasteiger partial charge on any atom is -0.292 e. The summed E-state index contributed by atoms with van der Waals surface area (Å²) in [4.78, 5) is 7.81. The Morgan fingerprint density at radius 3 is 1.70 bits per heavy atom. The molecule has 0 aromatic heterocycles. The molecule has 33 heavy (non-hydrogen) atoms. The number of likely N-dealkylation sites (tertiary alicyclic amines) is 1. The van der Waals surface area contributed by atoms with Crippen LogP contribution in [-0.2, 0) is 0 Å². The topological polar surface area (TPSA) is 15.6 Å². The van der Waals surface area contributed by atoms with Crippen LogP contribution in [0.3, 0.4) is 0 Å². The van der Waals surface area contributed by atoms with Crippen molar-refractivity contribution in [3.05, 3.63) is 144 Å². The minimum absolute atomic E-state index is 0.166. The lowest BCUT2D eigenvalue weighted by Gasteiger charge is -2.48. The number of hydrogen-bond acceptors (Lipinski definition) is 2. The Morgan fingerprint density at radius 1 is 0.636 bits per heavy atom. The first-order valence-electron chi connectivity index (χ1n) is 11.8. The van der Waals surface area contributed by atoms with E-state index in [1.165, 1.54) is 16.7 Å². The second-order valence-electron chi connectivity index (χ2n) is 8.88. The van der Waals surface area contributed by atoms with E-state index in [0.29, 0.717) is 6.04 Å². The Bertz CT molecular complexity index is 1160. The maximum Gasteiger partial charge on any atom is 0.0604 e. The zero-order chi connectivity index (χ0) is 22.5. The molecule has 1 fully saturated rings. The minimum atomic E-state index is 0.166. The monoisotopic (exact) mass is 430 g/mol. The van der Waals surface area contributed by atoms with Crippen molar-refractivity contribution in [3.8, 4) is 0 Å². The quantitative estimate of drug-likeness (QED) is 0.309. The maximum absolute atomic E-state index is 5.25. The van der Waals surface area contributed by atoms with Gasteiger partial charge in [-0.25, -0.2) is 0 Å². The predicted molar refractivity (Wildman–Crippen MR) is 138 cm³/mol. The van der Waals surface area contributed by atoms with Crippen LogP contribution in [0.25, 0.3) is 0 Å². The molecule has 0 saturated carbocycles. The molecule has 5 rings (SSSR count). The molecule has 0 aliphatic carbocycles. The molecule has 0 spiro atoms. The van der Waals surface area contributed by atoms with E-state index >= 15 is 0 Å². The highest BCUT2D eigenvalue weighted by molar-refractivity contribution is 5.79. The number of hydrogen-bond donors (Lipinski definition) is 0. The maximum atomic E-state index is 5.25. The summed E-state index contributed by atoms with van der Waals surface area (Å²) in [6.45, 7) is 0. The molecule has 164 valence electrons. The van der Waals surface area contributed by atoms with Crippen molar-refractivity contribution in [3.63, 3.8) is 0 Å². The van der Waals surface area contributed by atoms with E-state index in [1.54, 1.807) is 0 Å². The van der Waals surface area contributed by atoms with E-state index in [-0.39, 0.29) is 18.0 Å². The lowest BCUT2D eigenvalue weighted by Crippen LogP contribution is -2.44. The Kier molecular flexibility index (Phi) is 6.46. The van der Waals surface area contributed by atoms with E-state index in [0.717, 1.165) is 12.0 Å². The fourth-order valence-corrected chi connectivity index (χ4v) is 5.29. The molecule has 4 atom stereocenters.